The monoisotopic (exact) mass is 360 g/mol. The lowest BCUT2D eigenvalue weighted by Crippen LogP contribution is -2.10. The molecular formula is C20H40O5. The first-order chi connectivity index (χ1) is 11.9. The zero-order valence-electron chi connectivity index (χ0n) is 16.6. The van der Waals surface area contributed by atoms with Gasteiger partial charge >= 0.3 is 12.1 Å². The molecule has 0 spiro atoms. The lowest BCUT2D eigenvalue weighted by atomic mass is 10.0. The van der Waals surface area contributed by atoms with Crippen molar-refractivity contribution in [1.82, 2.24) is 0 Å². The summed E-state index contributed by atoms with van der Waals surface area (Å²) >= 11 is 0. The third kappa shape index (κ3) is 31.1. The molecule has 0 unspecified atom stereocenters. The summed E-state index contributed by atoms with van der Waals surface area (Å²) in [7, 11) is 0. The Morgan fingerprint density at radius 2 is 1.04 bits per heavy atom. The number of ether oxygens (including phenoxy) is 1. The zero-order valence-corrected chi connectivity index (χ0v) is 16.6. The van der Waals surface area contributed by atoms with Gasteiger partial charge in [-0.05, 0) is 20.3 Å². The highest BCUT2D eigenvalue weighted by Gasteiger charge is 2.04. The predicted octanol–water partition coefficient (Wildman–Crippen LogP) is 6.64. The molecule has 0 saturated carbocycles. The number of unbranched alkanes of at least 4 members (excludes halogenated alkanes) is 12. The molecule has 0 radical (unpaired) electrons. The molecule has 0 rings (SSSR count). The van der Waals surface area contributed by atoms with E-state index in [1.54, 1.807) is 0 Å². The van der Waals surface area contributed by atoms with Crippen LogP contribution >= 0.6 is 0 Å². The summed E-state index contributed by atoms with van der Waals surface area (Å²) in [6, 6.07) is 0. The molecule has 5 nitrogen and oxygen atoms in total. The molecule has 0 aliphatic heterocycles. The summed E-state index contributed by atoms with van der Waals surface area (Å²) < 4.78 is 5.12. The quantitative estimate of drug-likeness (QED) is 0.252. The van der Waals surface area contributed by atoms with Crippen molar-refractivity contribution >= 4 is 12.1 Å². The number of hydrogen-bond acceptors (Lipinski definition) is 3. The van der Waals surface area contributed by atoms with Crippen molar-refractivity contribution < 1.29 is 24.5 Å². The molecule has 0 heterocycles. The summed E-state index contributed by atoms with van der Waals surface area (Å²) in [4.78, 5) is 19.9. The Morgan fingerprint density at radius 3 is 1.36 bits per heavy atom. The van der Waals surface area contributed by atoms with Gasteiger partial charge in [0.05, 0.1) is 6.10 Å². The van der Waals surface area contributed by atoms with Crippen LogP contribution in [0.15, 0.2) is 0 Å². The van der Waals surface area contributed by atoms with E-state index in [4.69, 9.17) is 19.7 Å². The SMILES string of the molecule is CCCCCCCCCCCCCCCC(=O)OC(C)C.O=C(O)O. The van der Waals surface area contributed by atoms with Crippen molar-refractivity contribution in [2.75, 3.05) is 0 Å². The molecule has 0 bridgehead atoms. The molecule has 0 atom stereocenters. The highest BCUT2D eigenvalue weighted by molar-refractivity contribution is 5.69. The molecule has 0 aromatic heterocycles. The second kappa shape index (κ2) is 20.8. The molecule has 0 fully saturated rings. The minimum Gasteiger partial charge on any atom is -0.463 e. The van der Waals surface area contributed by atoms with E-state index in [1.165, 1.54) is 77.0 Å². The molecule has 0 aromatic rings. The third-order valence-corrected chi connectivity index (χ3v) is 3.85. The Kier molecular flexibility index (Phi) is 21.6. The van der Waals surface area contributed by atoms with Crippen molar-refractivity contribution in [3.63, 3.8) is 0 Å². The fourth-order valence-electron chi connectivity index (χ4n) is 2.61. The van der Waals surface area contributed by atoms with E-state index < -0.39 is 6.16 Å². The fraction of sp³-hybridized carbons (Fsp3) is 0.900. The van der Waals surface area contributed by atoms with Gasteiger partial charge in [-0.3, -0.25) is 4.79 Å². The molecule has 25 heavy (non-hydrogen) atoms. The Labute approximate surface area is 154 Å². The van der Waals surface area contributed by atoms with E-state index in [9.17, 15) is 4.79 Å². The van der Waals surface area contributed by atoms with Crippen molar-refractivity contribution in [2.24, 2.45) is 0 Å². The van der Waals surface area contributed by atoms with Crippen LogP contribution in [0.4, 0.5) is 4.79 Å². The molecule has 150 valence electrons. The Bertz CT molecular complexity index is 298. The maximum atomic E-state index is 11.3. The summed E-state index contributed by atoms with van der Waals surface area (Å²) in [5, 5.41) is 13.9. The Morgan fingerprint density at radius 1 is 0.720 bits per heavy atom. The Hall–Kier alpha value is -1.26. The maximum absolute atomic E-state index is 11.3. The number of rotatable bonds is 15. The molecule has 0 aromatic carbocycles. The van der Waals surface area contributed by atoms with Gasteiger partial charge in [-0.15, -0.1) is 0 Å². The molecule has 0 aliphatic rings. The zero-order chi connectivity index (χ0) is 19.3. The van der Waals surface area contributed by atoms with Crippen LogP contribution in [0.1, 0.15) is 111 Å². The summed E-state index contributed by atoms with van der Waals surface area (Å²) in [6.45, 7) is 6.08. The lowest BCUT2D eigenvalue weighted by Gasteiger charge is -2.07. The van der Waals surface area contributed by atoms with E-state index in [2.05, 4.69) is 6.92 Å². The molecule has 5 heteroatoms. The van der Waals surface area contributed by atoms with Crippen molar-refractivity contribution in [2.45, 2.75) is 117 Å². The molecule has 0 amide bonds. The second-order valence-electron chi connectivity index (χ2n) is 6.81. The van der Waals surface area contributed by atoms with Crippen LogP contribution in [-0.4, -0.2) is 28.4 Å². The Balaban J connectivity index is 0. The van der Waals surface area contributed by atoms with Crippen molar-refractivity contribution in [3.05, 3.63) is 0 Å². The van der Waals surface area contributed by atoms with Crippen LogP contribution in [-0.2, 0) is 9.53 Å². The van der Waals surface area contributed by atoms with Gasteiger partial charge in [-0.25, -0.2) is 4.79 Å². The van der Waals surface area contributed by atoms with Crippen LogP contribution < -0.4 is 0 Å². The normalized spacial score (nSPS) is 10.2. The summed E-state index contributed by atoms with van der Waals surface area (Å²) in [5.74, 6) is -0.0342. The van der Waals surface area contributed by atoms with Gasteiger partial charge in [-0.2, -0.15) is 0 Å². The number of carbonyl (C=O) groups excluding carboxylic acids is 1. The maximum Gasteiger partial charge on any atom is 0.503 e. The van der Waals surface area contributed by atoms with E-state index in [1.807, 2.05) is 13.8 Å². The minimum absolute atomic E-state index is 0.0273. The smallest absolute Gasteiger partial charge is 0.463 e. The number of carboxylic acid groups (broad SMARTS) is 2. The molecule has 0 saturated heterocycles. The van der Waals surface area contributed by atoms with E-state index in [0.717, 1.165) is 6.42 Å². The highest BCUT2D eigenvalue weighted by atomic mass is 16.6. The van der Waals surface area contributed by atoms with Gasteiger partial charge in [0, 0.05) is 6.42 Å². The lowest BCUT2D eigenvalue weighted by molar-refractivity contribution is -0.147. The highest BCUT2D eigenvalue weighted by Crippen LogP contribution is 2.13. The number of esters is 1. The average molecular weight is 361 g/mol. The topological polar surface area (TPSA) is 83.8 Å². The standard InChI is InChI=1S/C19H38O2.CH2O3/c1-4-5-6-7-8-9-10-11-12-13-14-15-16-17-19(20)21-18(2)3;2-1(3)4/h18H,4-17H2,1-3H3;(H2,2,3,4). The van der Waals surface area contributed by atoms with Crippen LogP contribution in [0.5, 0.6) is 0 Å². The van der Waals surface area contributed by atoms with Gasteiger partial charge in [0.2, 0.25) is 0 Å². The second-order valence-corrected chi connectivity index (χ2v) is 6.81. The third-order valence-electron chi connectivity index (χ3n) is 3.85. The van der Waals surface area contributed by atoms with Crippen LogP contribution in [0.2, 0.25) is 0 Å². The van der Waals surface area contributed by atoms with Gasteiger partial charge in [0.25, 0.3) is 0 Å². The summed E-state index contributed by atoms with van der Waals surface area (Å²) in [5.41, 5.74) is 0. The molecule has 2 N–H and O–H groups in total. The van der Waals surface area contributed by atoms with Crippen molar-refractivity contribution in [1.29, 1.82) is 0 Å². The number of carbonyl (C=O) groups is 2. The molecular weight excluding hydrogens is 320 g/mol. The first-order valence-corrected chi connectivity index (χ1v) is 10.0. The van der Waals surface area contributed by atoms with Gasteiger partial charge in [0.15, 0.2) is 0 Å². The van der Waals surface area contributed by atoms with Crippen LogP contribution in [0.25, 0.3) is 0 Å². The first kappa shape index (κ1) is 26.0. The van der Waals surface area contributed by atoms with Crippen LogP contribution in [0.3, 0.4) is 0 Å². The minimum atomic E-state index is -1.83. The average Bonchev–Trinajstić information content (AvgIpc) is 2.50. The van der Waals surface area contributed by atoms with E-state index in [-0.39, 0.29) is 12.1 Å². The number of hydrogen-bond donors (Lipinski definition) is 2. The molecule has 0 aliphatic carbocycles. The van der Waals surface area contributed by atoms with E-state index in [0.29, 0.717) is 6.42 Å². The fourth-order valence-corrected chi connectivity index (χ4v) is 2.61. The first-order valence-electron chi connectivity index (χ1n) is 10.0. The van der Waals surface area contributed by atoms with Crippen molar-refractivity contribution in [3.8, 4) is 0 Å². The summed E-state index contributed by atoms with van der Waals surface area (Å²) in [6.07, 6.45) is 16.2. The van der Waals surface area contributed by atoms with Gasteiger partial charge in [-0.1, -0.05) is 84.0 Å². The van der Waals surface area contributed by atoms with Gasteiger partial charge < -0.3 is 14.9 Å². The van der Waals surface area contributed by atoms with E-state index >= 15 is 0 Å². The largest absolute Gasteiger partial charge is 0.503 e. The predicted molar refractivity (Wildman–Crippen MR) is 102 cm³/mol. The van der Waals surface area contributed by atoms with Gasteiger partial charge in [0.1, 0.15) is 0 Å². The van der Waals surface area contributed by atoms with Crippen LogP contribution in [0, 0.1) is 0 Å².